The highest BCUT2D eigenvalue weighted by atomic mass is 31.2. The first-order valence-electron chi connectivity index (χ1n) is 17.2. The maximum Gasteiger partial charge on any atom is 0.476 e. The Morgan fingerprint density at radius 2 is 1.94 bits per heavy atom. The smallest absolute Gasteiger partial charge is 0.476 e. The number of ether oxygens (including phenoxy) is 4. The van der Waals surface area contributed by atoms with E-state index < -0.39 is 81.9 Å². The number of hydrogen-bond acceptors (Lipinski definition) is 17. The third kappa shape index (κ3) is 8.40. The van der Waals surface area contributed by atoms with Crippen LogP contribution in [0.25, 0.3) is 11.2 Å². The molecule has 10 atom stereocenters. The van der Waals surface area contributed by atoms with Gasteiger partial charge < -0.3 is 55.3 Å². The number of rotatable bonds is 17. The minimum Gasteiger partial charge on any atom is -0.508 e. The lowest BCUT2D eigenvalue weighted by Crippen LogP contribution is -2.59. The van der Waals surface area contributed by atoms with E-state index in [2.05, 4.69) is 27.2 Å². The quantitative estimate of drug-likeness (QED) is 0.0570. The fraction of sp³-hybridized carbons (Fsp3) is 0.625. The van der Waals surface area contributed by atoms with Crippen molar-refractivity contribution in [1.82, 2.24) is 24.8 Å². The summed E-state index contributed by atoms with van der Waals surface area (Å²) >= 11 is 0. The van der Waals surface area contributed by atoms with Gasteiger partial charge in [0.25, 0.3) is 0 Å². The number of anilines is 1. The van der Waals surface area contributed by atoms with E-state index in [9.17, 15) is 34.7 Å². The third-order valence-electron chi connectivity index (χ3n) is 9.28. The number of aliphatic hydroxyl groups excluding tert-OH is 3. The van der Waals surface area contributed by atoms with E-state index in [0.29, 0.717) is 12.0 Å². The van der Waals surface area contributed by atoms with Crippen molar-refractivity contribution in [3.8, 4) is 5.75 Å². The van der Waals surface area contributed by atoms with Crippen molar-refractivity contribution >= 4 is 30.8 Å². The summed E-state index contributed by atoms with van der Waals surface area (Å²) in [6.07, 6.45) is -1.61. The molecule has 2 aromatic heterocycles. The highest BCUT2D eigenvalue weighted by molar-refractivity contribution is 7.47. The van der Waals surface area contributed by atoms with Gasteiger partial charge in [-0.25, -0.2) is 24.0 Å². The van der Waals surface area contributed by atoms with Crippen molar-refractivity contribution in [2.24, 2.45) is 0 Å². The molecule has 0 amide bonds. The summed E-state index contributed by atoms with van der Waals surface area (Å²) in [5.74, 6) is -2.75. The molecule has 0 saturated carbocycles. The van der Waals surface area contributed by atoms with Crippen molar-refractivity contribution < 1.29 is 62.7 Å². The Labute approximate surface area is 298 Å². The zero-order chi connectivity index (χ0) is 37.0. The topological polar surface area (TPSA) is 272 Å². The first-order valence-corrected chi connectivity index (χ1v) is 18.7. The van der Waals surface area contributed by atoms with Gasteiger partial charge in [-0.3, -0.25) is 13.9 Å². The Morgan fingerprint density at radius 3 is 2.69 bits per heavy atom. The summed E-state index contributed by atoms with van der Waals surface area (Å²) in [6, 6.07) is 5.28. The standard InChI is InChI=1S/C32H45N6O13P/c1-2-3-4-5-6-7-24(42)48-28-22(47-31(26(28)43)38-17-37-25-29(33)35-16-36-30(25)38)15-46-52(44,45)51-32-23(12-18-8-10-19(40)11-9-18)34-13-21(49-32)27(50-32)20(41)14-39/h8-11,16-17,20-23,26-28,31,34,39-41,43H,2-7,12-15H2,1H3,(H,44,45)(H2,33,35,36). The number of aromatic nitrogens is 4. The lowest BCUT2D eigenvalue weighted by atomic mass is 10.0. The van der Waals surface area contributed by atoms with E-state index in [1.54, 1.807) is 12.1 Å². The lowest BCUT2D eigenvalue weighted by Gasteiger charge is -2.39. The highest BCUT2D eigenvalue weighted by Crippen LogP contribution is 2.53. The first-order chi connectivity index (χ1) is 24.9. The zero-order valence-electron chi connectivity index (χ0n) is 28.5. The van der Waals surface area contributed by atoms with E-state index in [-0.39, 0.29) is 42.1 Å². The molecular weight excluding hydrogens is 707 g/mol. The number of unbranched alkanes of at least 4 members (excludes halogenated alkanes) is 4. The number of phenols is 1. The molecule has 0 spiro atoms. The number of nitrogen functional groups attached to an aromatic ring is 1. The number of morpholine rings is 1. The van der Waals surface area contributed by atoms with E-state index in [1.807, 2.05) is 0 Å². The Kier molecular flexibility index (Phi) is 12.1. The number of benzene rings is 1. The first kappa shape index (κ1) is 38.4. The Hall–Kier alpha value is -3.33. The third-order valence-corrected chi connectivity index (χ3v) is 10.2. The molecule has 19 nitrogen and oxygen atoms in total. The SMILES string of the molecule is CCCCCCCC(=O)OC1C(COP(=O)(O)OC23OC(CNC2Cc2ccc(O)cc2)C(C(O)CO)O3)OC(n2cnc3c(N)ncnc32)C1O. The van der Waals surface area contributed by atoms with Gasteiger partial charge in [0, 0.05) is 13.0 Å². The number of nitrogens with two attached hydrogens (primary N) is 1. The van der Waals surface area contributed by atoms with Gasteiger partial charge in [0.2, 0.25) is 0 Å². The van der Waals surface area contributed by atoms with Crippen LogP contribution in [0.15, 0.2) is 36.9 Å². The molecule has 20 heteroatoms. The number of phosphoric acid groups is 1. The minimum atomic E-state index is -5.15. The van der Waals surface area contributed by atoms with Gasteiger partial charge in [0.15, 0.2) is 23.8 Å². The molecule has 3 saturated heterocycles. The van der Waals surface area contributed by atoms with E-state index in [4.69, 9.17) is 33.7 Å². The molecule has 6 rings (SSSR count). The normalized spacial score (nSPS) is 30.4. The molecule has 3 aliphatic rings. The molecule has 0 aliphatic carbocycles. The van der Waals surface area contributed by atoms with Crippen LogP contribution in [-0.4, -0.2) is 119 Å². The summed E-state index contributed by atoms with van der Waals surface area (Å²) in [5.41, 5.74) is 7.08. The second kappa shape index (κ2) is 16.4. The zero-order valence-corrected chi connectivity index (χ0v) is 29.4. The number of fused-ring (bicyclic) bond motifs is 3. The number of carbonyl (C=O) groups is 1. The Bertz CT molecular complexity index is 1720. The average Bonchev–Trinajstić information content (AvgIpc) is 3.78. The number of esters is 1. The second-order valence-corrected chi connectivity index (χ2v) is 14.4. The molecule has 8 N–H and O–H groups in total. The van der Waals surface area contributed by atoms with Gasteiger partial charge in [-0.15, -0.1) is 0 Å². The molecule has 3 fully saturated rings. The van der Waals surface area contributed by atoms with Gasteiger partial charge in [-0.05, 0) is 30.5 Å². The minimum absolute atomic E-state index is 0.0372. The van der Waals surface area contributed by atoms with Crippen LogP contribution in [0.2, 0.25) is 0 Å². The lowest BCUT2D eigenvalue weighted by molar-refractivity contribution is -0.332. The van der Waals surface area contributed by atoms with Gasteiger partial charge in [-0.2, -0.15) is 0 Å². The molecule has 1 aromatic carbocycles. The molecular formula is C32H45N6O13P. The molecule has 5 heterocycles. The fourth-order valence-electron chi connectivity index (χ4n) is 6.60. The van der Waals surface area contributed by atoms with E-state index in [0.717, 1.165) is 25.7 Å². The summed E-state index contributed by atoms with van der Waals surface area (Å²) in [6.45, 7) is 0.840. The summed E-state index contributed by atoms with van der Waals surface area (Å²) < 4.78 is 49.8. The molecule has 10 unspecified atom stereocenters. The monoisotopic (exact) mass is 752 g/mol. The molecule has 286 valence electrons. The van der Waals surface area contributed by atoms with Crippen LogP contribution in [0.1, 0.15) is 57.2 Å². The van der Waals surface area contributed by atoms with Crippen LogP contribution >= 0.6 is 7.82 Å². The molecule has 3 aliphatic heterocycles. The molecule has 0 radical (unpaired) electrons. The maximum atomic E-state index is 13.7. The van der Waals surface area contributed by atoms with Crippen molar-refractivity contribution in [2.75, 3.05) is 25.5 Å². The van der Waals surface area contributed by atoms with Crippen LogP contribution in [-0.2, 0) is 43.8 Å². The number of aliphatic hydroxyl groups is 3. The average molecular weight is 753 g/mol. The largest absolute Gasteiger partial charge is 0.508 e. The molecule has 2 bridgehead atoms. The van der Waals surface area contributed by atoms with Gasteiger partial charge in [-0.1, -0.05) is 44.7 Å². The number of imidazole rings is 1. The second-order valence-electron chi connectivity index (χ2n) is 13.0. The number of phosphoric ester groups is 1. The number of nitrogens with zero attached hydrogens (tertiary/aromatic N) is 4. The van der Waals surface area contributed by atoms with Gasteiger partial charge >= 0.3 is 19.8 Å². The van der Waals surface area contributed by atoms with Crippen LogP contribution in [0.5, 0.6) is 5.75 Å². The predicted octanol–water partition coefficient (Wildman–Crippen LogP) is 0.784. The Morgan fingerprint density at radius 1 is 1.17 bits per heavy atom. The molecule has 3 aromatic rings. The van der Waals surface area contributed by atoms with Crippen molar-refractivity contribution in [2.45, 2.75) is 107 Å². The number of aromatic hydroxyl groups is 1. The summed E-state index contributed by atoms with van der Waals surface area (Å²) in [5, 5.41) is 44.4. The number of nitrogens with one attached hydrogen (secondary N) is 1. The highest BCUT2D eigenvalue weighted by Gasteiger charge is 2.62. The molecule has 52 heavy (non-hydrogen) atoms. The van der Waals surface area contributed by atoms with Crippen LogP contribution in [0, 0.1) is 0 Å². The maximum absolute atomic E-state index is 13.7. The van der Waals surface area contributed by atoms with E-state index >= 15 is 0 Å². The number of carbonyl (C=O) groups excluding carboxylic acids is 1. The fourth-order valence-corrected chi connectivity index (χ4v) is 7.53. The van der Waals surface area contributed by atoms with Crippen LogP contribution in [0.3, 0.4) is 0 Å². The van der Waals surface area contributed by atoms with Gasteiger partial charge in [0.1, 0.15) is 48.1 Å². The van der Waals surface area contributed by atoms with Crippen LogP contribution < -0.4 is 11.1 Å². The van der Waals surface area contributed by atoms with E-state index in [1.165, 1.54) is 29.4 Å². The number of hydrogen-bond donors (Lipinski definition) is 7. The Balaban J connectivity index is 1.20. The van der Waals surface area contributed by atoms with Gasteiger partial charge in [0.05, 0.1) is 25.6 Å². The van der Waals surface area contributed by atoms with Crippen molar-refractivity contribution in [3.63, 3.8) is 0 Å². The number of phenolic OH excluding ortho intramolecular Hbond substituents is 1. The predicted molar refractivity (Wildman–Crippen MR) is 179 cm³/mol. The van der Waals surface area contributed by atoms with Crippen molar-refractivity contribution in [1.29, 1.82) is 0 Å². The summed E-state index contributed by atoms with van der Waals surface area (Å²) in [4.78, 5) is 36.3. The van der Waals surface area contributed by atoms with Crippen molar-refractivity contribution in [3.05, 3.63) is 42.5 Å². The van der Waals surface area contributed by atoms with Crippen LogP contribution in [0.4, 0.5) is 5.82 Å². The summed E-state index contributed by atoms with van der Waals surface area (Å²) in [7, 11) is -5.15.